The molecule has 1 saturated carbocycles. The van der Waals surface area contributed by atoms with Gasteiger partial charge in [0.2, 0.25) is 5.60 Å². The smallest absolute Gasteiger partial charge is 0.371 e. The maximum Gasteiger partial charge on any atom is 0.434 e. The number of aryl methyl sites for hydroxylation is 1. The van der Waals surface area contributed by atoms with Gasteiger partial charge in [0.05, 0.1) is 11.9 Å². The molecule has 0 bridgehead atoms. The number of nitriles is 1. The molecule has 0 aromatic carbocycles. The molecule has 168 valence electrons. The van der Waals surface area contributed by atoms with Crippen molar-refractivity contribution in [2.75, 3.05) is 0 Å². The summed E-state index contributed by atoms with van der Waals surface area (Å²) in [6.45, 7) is 0. The molecule has 4 rings (SSSR count). The van der Waals surface area contributed by atoms with Gasteiger partial charge in [-0.05, 0) is 18.9 Å². The highest BCUT2D eigenvalue weighted by molar-refractivity contribution is 5.78. The van der Waals surface area contributed by atoms with E-state index in [0.29, 0.717) is 17.5 Å². The molecule has 32 heavy (non-hydrogen) atoms. The van der Waals surface area contributed by atoms with E-state index in [4.69, 9.17) is 5.26 Å². The number of aromatic nitrogens is 5. The second-order valence-corrected chi connectivity index (χ2v) is 7.30. The Balaban J connectivity index is 2.01. The number of rotatable bonds is 3. The van der Waals surface area contributed by atoms with E-state index >= 15 is 0 Å². The van der Waals surface area contributed by atoms with E-state index in [0.717, 1.165) is 19.4 Å². The number of nitrogens with zero attached hydrogens (tertiary/aromatic N) is 6. The zero-order chi connectivity index (χ0) is 23.6. The maximum absolute atomic E-state index is 14.2. The maximum atomic E-state index is 14.2. The highest BCUT2D eigenvalue weighted by atomic mass is 19.4. The van der Waals surface area contributed by atoms with Gasteiger partial charge in [-0.2, -0.15) is 36.7 Å². The molecule has 0 saturated heterocycles. The number of hydrogen-bond donors (Lipinski definition) is 1. The third-order valence-electron chi connectivity index (χ3n) is 5.16. The van der Waals surface area contributed by atoms with Crippen LogP contribution in [-0.2, 0) is 18.8 Å². The van der Waals surface area contributed by atoms with Crippen molar-refractivity contribution in [2.45, 2.75) is 36.8 Å². The standard InChI is InChI=1S/C18H12F6N6O2/c1-29-14(11-12(28-29)15(31)30(7-27-11)10-2-3-10)16(32,18(22,23)24)9-4-8(5-25)13(26-6-9)17(19,20)21/h4,6-7,10,32H,2-3H2,1H3/t16-/m0/s1. The molecular formula is C18H12F6N6O2. The van der Waals surface area contributed by atoms with E-state index in [2.05, 4.69) is 15.1 Å². The van der Waals surface area contributed by atoms with Crippen LogP contribution in [0.15, 0.2) is 23.4 Å². The molecule has 1 aliphatic carbocycles. The molecule has 0 spiro atoms. The van der Waals surface area contributed by atoms with Gasteiger partial charge in [0.15, 0.2) is 11.2 Å². The van der Waals surface area contributed by atoms with Crippen LogP contribution in [0.1, 0.15) is 41.4 Å². The van der Waals surface area contributed by atoms with Gasteiger partial charge < -0.3 is 5.11 Å². The second-order valence-electron chi connectivity index (χ2n) is 7.30. The van der Waals surface area contributed by atoms with Gasteiger partial charge >= 0.3 is 12.4 Å². The summed E-state index contributed by atoms with van der Waals surface area (Å²) >= 11 is 0. The summed E-state index contributed by atoms with van der Waals surface area (Å²) in [6.07, 6.45) is -8.01. The zero-order valence-corrected chi connectivity index (χ0v) is 16.0. The molecule has 3 heterocycles. The van der Waals surface area contributed by atoms with Gasteiger partial charge in [-0.3, -0.25) is 19.0 Å². The summed E-state index contributed by atoms with van der Waals surface area (Å²) in [6, 6.07) is 1.25. The van der Waals surface area contributed by atoms with Gasteiger partial charge in [-0.15, -0.1) is 0 Å². The average molecular weight is 458 g/mol. The lowest BCUT2D eigenvalue weighted by Crippen LogP contribution is -2.45. The molecule has 3 aromatic rings. The summed E-state index contributed by atoms with van der Waals surface area (Å²) in [5.41, 5.74) is -10.8. The molecular weight excluding hydrogens is 446 g/mol. The summed E-state index contributed by atoms with van der Waals surface area (Å²) in [5, 5.41) is 23.7. The van der Waals surface area contributed by atoms with Crippen LogP contribution in [-0.4, -0.2) is 35.6 Å². The Morgan fingerprint density at radius 3 is 2.34 bits per heavy atom. The predicted octanol–water partition coefficient (Wildman–Crippen LogP) is 2.55. The Morgan fingerprint density at radius 2 is 1.81 bits per heavy atom. The minimum Gasteiger partial charge on any atom is -0.371 e. The second kappa shape index (κ2) is 6.76. The highest BCUT2D eigenvalue weighted by Crippen LogP contribution is 2.46. The molecule has 1 atom stereocenters. The Labute approximate surface area is 174 Å². The third kappa shape index (κ3) is 3.11. The average Bonchev–Trinajstić information content (AvgIpc) is 3.47. The van der Waals surface area contributed by atoms with E-state index in [9.17, 15) is 36.2 Å². The minimum absolute atomic E-state index is 0.149. The van der Waals surface area contributed by atoms with E-state index in [1.807, 2.05) is 0 Å². The monoisotopic (exact) mass is 458 g/mol. The van der Waals surface area contributed by atoms with Crippen molar-refractivity contribution >= 4 is 11.0 Å². The van der Waals surface area contributed by atoms with Crippen molar-refractivity contribution in [3.05, 3.63) is 51.5 Å². The number of halogens is 6. The Bertz CT molecular complexity index is 1330. The van der Waals surface area contributed by atoms with Gasteiger partial charge in [0.1, 0.15) is 17.3 Å². The topological polar surface area (TPSA) is 110 Å². The van der Waals surface area contributed by atoms with Crippen LogP contribution in [0.5, 0.6) is 0 Å². The van der Waals surface area contributed by atoms with Crippen molar-refractivity contribution < 1.29 is 31.4 Å². The van der Waals surface area contributed by atoms with E-state index in [1.165, 1.54) is 4.57 Å². The molecule has 0 amide bonds. The van der Waals surface area contributed by atoms with Crippen LogP contribution in [0, 0.1) is 11.3 Å². The number of alkyl halides is 6. The van der Waals surface area contributed by atoms with Crippen LogP contribution in [0.3, 0.4) is 0 Å². The highest BCUT2D eigenvalue weighted by Gasteiger charge is 2.60. The Hall–Kier alpha value is -3.47. The van der Waals surface area contributed by atoms with Crippen molar-refractivity contribution in [3.63, 3.8) is 0 Å². The molecule has 8 nitrogen and oxygen atoms in total. The van der Waals surface area contributed by atoms with Crippen molar-refractivity contribution in [1.29, 1.82) is 5.26 Å². The van der Waals surface area contributed by atoms with E-state index in [1.54, 1.807) is 0 Å². The lowest BCUT2D eigenvalue weighted by atomic mass is 9.88. The van der Waals surface area contributed by atoms with Gasteiger partial charge in [-0.1, -0.05) is 0 Å². The fraction of sp³-hybridized carbons (Fsp3) is 0.389. The third-order valence-corrected chi connectivity index (χ3v) is 5.16. The Morgan fingerprint density at radius 1 is 1.16 bits per heavy atom. The normalized spacial score (nSPS) is 16.7. The van der Waals surface area contributed by atoms with E-state index < -0.39 is 57.1 Å². The van der Waals surface area contributed by atoms with Crippen LogP contribution in [0.25, 0.3) is 11.0 Å². The molecule has 0 aliphatic heterocycles. The van der Waals surface area contributed by atoms with Crippen LogP contribution in [0.2, 0.25) is 0 Å². The van der Waals surface area contributed by atoms with Crippen LogP contribution < -0.4 is 5.56 Å². The van der Waals surface area contributed by atoms with Crippen LogP contribution in [0.4, 0.5) is 26.3 Å². The summed E-state index contributed by atoms with van der Waals surface area (Å²) in [4.78, 5) is 19.5. The molecule has 1 N–H and O–H groups in total. The fourth-order valence-corrected chi connectivity index (χ4v) is 3.50. The molecule has 1 aliphatic rings. The summed E-state index contributed by atoms with van der Waals surface area (Å²) < 4.78 is 83.6. The largest absolute Gasteiger partial charge is 0.434 e. The first kappa shape index (κ1) is 21.8. The molecule has 1 fully saturated rings. The van der Waals surface area contributed by atoms with Gasteiger partial charge in [0.25, 0.3) is 5.56 Å². The first-order chi connectivity index (χ1) is 14.8. The first-order valence-electron chi connectivity index (χ1n) is 9.02. The molecule has 14 heteroatoms. The Kier molecular flexibility index (Phi) is 4.60. The lowest BCUT2D eigenvalue weighted by Gasteiger charge is -2.31. The van der Waals surface area contributed by atoms with E-state index in [-0.39, 0.29) is 18.3 Å². The molecule has 3 aromatic heterocycles. The van der Waals surface area contributed by atoms with Crippen molar-refractivity contribution in [2.24, 2.45) is 7.05 Å². The lowest BCUT2D eigenvalue weighted by molar-refractivity contribution is -0.250. The zero-order valence-electron chi connectivity index (χ0n) is 16.0. The van der Waals surface area contributed by atoms with Crippen molar-refractivity contribution in [1.82, 2.24) is 24.3 Å². The minimum atomic E-state index is -5.51. The number of aliphatic hydroxyl groups is 1. The molecule has 0 unspecified atom stereocenters. The number of fused-ring (bicyclic) bond motifs is 1. The number of pyridine rings is 1. The number of hydrogen-bond acceptors (Lipinski definition) is 6. The van der Waals surface area contributed by atoms with Gasteiger partial charge in [-0.25, -0.2) is 4.98 Å². The van der Waals surface area contributed by atoms with Crippen molar-refractivity contribution in [3.8, 4) is 6.07 Å². The summed E-state index contributed by atoms with van der Waals surface area (Å²) in [5.74, 6) is 0. The quantitative estimate of drug-likeness (QED) is 0.605. The fourth-order valence-electron chi connectivity index (χ4n) is 3.50. The predicted molar refractivity (Wildman–Crippen MR) is 94.0 cm³/mol. The summed E-state index contributed by atoms with van der Waals surface area (Å²) in [7, 11) is 1.03. The van der Waals surface area contributed by atoms with Gasteiger partial charge in [0, 0.05) is 24.8 Å². The van der Waals surface area contributed by atoms with Crippen LogP contribution >= 0.6 is 0 Å². The SMILES string of the molecule is Cn1nc2c(=O)n(C3CC3)cnc2c1[C@@](O)(c1cnc(C(F)(F)F)c(C#N)c1)C(F)(F)F. The first-order valence-corrected chi connectivity index (χ1v) is 9.02. The molecule has 0 radical (unpaired) electrons.